The lowest BCUT2D eigenvalue weighted by molar-refractivity contribution is -0.122. The molecule has 0 unspecified atom stereocenters. The third kappa shape index (κ3) is 5.37. The van der Waals surface area contributed by atoms with Crippen LogP contribution in [0.4, 0.5) is 5.69 Å². The average Bonchev–Trinajstić information content (AvgIpc) is 2.68. The predicted octanol–water partition coefficient (Wildman–Crippen LogP) is 3.70. The standard InChI is InChI=1S/C21H27ClN2O5S/c1-13-7-9-17(22)12-18(13)24(30(6,26)27)15(3)21(25)23-14(2)16-8-10-19(28-4)20(11-16)29-5/h7-12,14-15H,1-6H3,(H,23,25)/t14-,15+/m1/s1. The number of nitrogens with zero attached hydrogens (tertiary/aromatic N) is 1. The third-order valence-corrected chi connectivity index (χ3v) is 6.23. The number of rotatable bonds is 8. The summed E-state index contributed by atoms with van der Waals surface area (Å²) < 4.78 is 36.7. The van der Waals surface area contributed by atoms with Crippen LogP contribution in [-0.4, -0.2) is 40.8 Å². The molecule has 0 saturated carbocycles. The minimum absolute atomic E-state index is 0.367. The van der Waals surface area contributed by atoms with Gasteiger partial charge in [-0.2, -0.15) is 0 Å². The highest BCUT2D eigenvalue weighted by Crippen LogP contribution is 2.31. The van der Waals surface area contributed by atoms with Crippen molar-refractivity contribution in [2.24, 2.45) is 0 Å². The lowest BCUT2D eigenvalue weighted by Crippen LogP contribution is -2.48. The molecule has 30 heavy (non-hydrogen) atoms. The maximum absolute atomic E-state index is 13.0. The second-order valence-electron chi connectivity index (χ2n) is 7.01. The minimum atomic E-state index is -3.74. The zero-order valence-electron chi connectivity index (χ0n) is 17.9. The van der Waals surface area contributed by atoms with Gasteiger partial charge < -0.3 is 14.8 Å². The molecule has 9 heteroatoms. The van der Waals surface area contributed by atoms with E-state index in [9.17, 15) is 13.2 Å². The van der Waals surface area contributed by atoms with E-state index in [2.05, 4.69) is 5.32 Å². The van der Waals surface area contributed by atoms with Crippen LogP contribution >= 0.6 is 11.6 Å². The van der Waals surface area contributed by atoms with Gasteiger partial charge in [0.05, 0.1) is 32.2 Å². The van der Waals surface area contributed by atoms with Gasteiger partial charge in [-0.05, 0) is 56.2 Å². The van der Waals surface area contributed by atoms with Crippen molar-refractivity contribution in [3.63, 3.8) is 0 Å². The molecule has 0 saturated heterocycles. The lowest BCUT2D eigenvalue weighted by Gasteiger charge is -2.30. The smallest absolute Gasteiger partial charge is 0.244 e. The van der Waals surface area contributed by atoms with Crippen LogP contribution in [-0.2, 0) is 14.8 Å². The molecule has 2 rings (SSSR count). The first kappa shape index (κ1) is 23.8. The Morgan fingerprint density at radius 3 is 2.27 bits per heavy atom. The van der Waals surface area contributed by atoms with E-state index in [-0.39, 0.29) is 6.04 Å². The SMILES string of the molecule is COc1ccc([C@@H](C)NC(=O)[C@H](C)N(c2cc(Cl)ccc2C)S(C)(=O)=O)cc1OC. The molecule has 1 N–H and O–H groups in total. The summed E-state index contributed by atoms with van der Waals surface area (Å²) >= 11 is 6.07. The normalized spacial score (nSPS) is 13.3. The van der Waals surface area contributed by atoms with Crippen LogP contribution in [0.25, 0.3) is 0 Å². The fourth-order valence-electron chi connectivity index (χ4n) is 3.14. The second-order valence-corrected chi connectivity index (χ2v) is 9.31. The van der Waals surface area contributed by atoms with E-state index >= 15 is 0 Å². The van der Waals surface area contributed by atoms with E-state index in [4.69, 9.17) is 21.1 Å². The van der Waals surface area contributed by atoms with Gasteiger partial charge in [0, 0.05) is 5.02 Å². The molecule has 0 aliphatic rings. The number of sulfonamides is 1. The van der Waals surface area contributed by atoms with Crippen LogP contribution in [0.15, 0.2) is 36.4 Å². The van der Waals surface area contributed by atoms with Crippen molar-refractivity contribution >= 4 is 33.2 Å². The zero-order chi connectivity index (χ0) is 22.6. The first-order chi connectivity index (χ1) is 14.0. The molecule has 2 aromatic rings. The van der Waals surface area contributed by atoms with Crippen molar-refractivity contribution < 1.29 is 22.7 Å². The number of amides is 1. The quantitative estimate of drug-likeness (QED) is 0.657. The number of hydrogen-bond donors (Lipinski definition) is 1. The number of methoxy groups -OCH3 is 2. The van der Waals surface area contributed by atoms with Gasteiger partial charge in [-0.15, -0.1) is 0 Å². The molecule has 0 aliphatic carbocycles. The van der Waals surface area contributed by atoms with E-state index in [0.717, 1.165) is 16.1 Å². The highest BCUT2D eigenvalue weighted by Gasteiger charge is 2.31. The van der Waals surface area contributed by atoms with Crippen molar-refractivity contribution in [3.05, 3.63) is 52.5 Å². The van der Waals surface area contributed by atoms with Crippen molar-refractivity contribution in [1.82, 2.24) is 5.32 Å². The Morgan fingerprint density at radius 2 is 1.70 bits per heavy atom. The molecule has 0 aromatic heterocycles. The Bertz CT molecular complexity index is 1030. The molecule has 0 fully saturated rings. The van der Waals surface area contributed by atoms with Crippen LogP contribution in [0.5, 0.6) is 11.5 Å². The van der Waals surface area contributed by atoms with Crippen molar-refractivity contribution in [2.75, 3.05) is 24.8 Å². The fraction of sp³-hybridized carbons (Fsp3) is 0.381. The summed E-state index contributed by atoms with van der Waals surface area (Å²) in [5.41, 5.74) is 1.85. The van der Waals surface area contributed by atoms with Crippen molar-refractivity contribution in [3.8, 4) is 11.5 Å². The molecule has 0 aliphatic heterocycles. The number of carbonyl (C=O) groups is 1. The summed E-state index contributed by atoms with van der Waals surface area (Å²) in [6, 6.07) is 8.88. The van der Waals surface area contributed by atoms with Gasteiger partial charge in [0.2, 0.25) is 15.9 Å². The number of hydrogen-bond acceptors (Lipinski definition) is 5. The number of carbonyl (C=O) groups excluding carboxylic acids is 1. The largest absolute Gasteiger partial charge is 0.493 e. The molecule has 0 spiro atoms. The Labute approximate surface area is 183 Å². The van der Waals surface area contributed by atoms with E-state index in [1.165, 1.54) is 14.0 Å². The van der Waals surface area contributed by atoms with Crippen molar-refractivity contribution in [2.45, 2.75) is 32.9 Å². The molecule has 164 valence electrons. The highest BCUT2D eigenvalue weighted by molar-refractivity contribution is 7.92. The topological polar surface area (TPSA) is 84.9 Å². The molecule has 0 bridgehead atoms. The predicted molar refractivity (Wildman–Crippen MR) is 119 cm³/mol. The molecule has 7 nitrogen and oxygen atoms in total. The number of nitrogens with one attached hydrogen (secondary N) is 1. The van der Waals surface area contributed by atoms with Crippen molar-refractivity contribution in [1.29, 1.82) is 0 Å². The van der Waals surface area contributed by atoms with E-state index < -0.39 is 22.0 Å². The van der Waals surface area contributed by atoms with E-state index in [0.29, 0.717) is 27.8 Å². The van der Waals surface area contributed by atoms with Gasteiger partial charge in [0.15, 0.2) is 11.5 Å². The van der Waals surface area contributed by atoms with Crippen LogP contribution in [0, 0.1) is 6.92 Å². The van der Waals surface area contributed by atoms with Gasteiger partial charge in [0.25, 0.3) is 0 Å². The van der Waals surface area contributed by atoms with Gasteiger partial charge in [-0.25, -0.2) is 8.42 Å². The average molecular weight is 455 g/mol. The molecular formula is C21H27ClN2O5S. The van der Waals surface area contributed by atoms with Crippen LogP contribution in [0.2, 0.25) is 5.02 Å². The monoisotopic (exact) mass is 454 g/mol. The van der Waals surface area contributed by atoms with Gasteiger partial charge in [-0.3, -0.25) is 9.10 Å². The summed E-state index contributed by atoms with van der Waals surface area (Å²) in [7, 11) is -0.669. The lowest BCUT2D eigenvalue weighted by atomic mass is 10.1. The number of benzene rings is 2. The number of anilines is 1. The molecule has 2 atom stereocenters. The first-order valence-corrected chi connectivity index (χ1v) is 11.5. The third-order valence-electron chi connectivity index (χ3n) is 4.76. The summed E-state index contributed by atoms with van der Waals surface area (Å²) in [5.74, 6) is 0.673. The molecule has 0 heterocycles. The van der Waals surface area contributed by atoms with Gasteiger partial charge >= 0.3 is 0 Å². The Morgan fingerprint density at radius 1 is 1.07 bits per heavy atom. The second kappa shape index (κ2) is 9.57. The molecular weight excluding hydrogens is 428 g/mol. The van der Waals surface area contributed by atoms with Crippen LogP contribution in [0.1, 0.15) is 31.0 Å². The maximum Gasteiger partial charge on any atom is 0.244 e. The maximum atomic E-state index is 13.0. The summed E-state index contributed by atoms with van der Waals surface area (Å²) in [6.07, 6.45) is 1.06. The van der Waals surface area contributed by atoms with E-state index in [1.54, 1.807) is 51.3 Å². The van der Waals surface area contributed by atoms with E-state index in [1.807, 2.05) is 6.07 Å². The molecule has 2 aromatic carbocycles. The van der Waals surface area contributed by atoms with Gasteiger partial charge in [-0.1, -0.05) is 23.7 Å². The van der Waals surface area contributed by atoms with Gasteiger partial charge in [0.1, 0.15) is 6.04 Å². The Hall–Kier alpha value is -2.45. The number of aryl methyl sites for hydroxylation is 1. The molecule has 1 amide bonds. The Kier molecular flexibility index (Phi) is 7.60. The summed E-state index contributed by atoms with van der Waals surface area (Å²) in [4.78, 5) is 13.0. The number of halogens is 1. The zero-order valence-corrected chi connectivity index (χ0v) is 19.5. The summed E-state index contributed by atoms with van der Waals surface area (Å²) in [6.45, 7) is 5.11. The summed E-state index contributed by atoms with van der Waals surface area (Å²) in [5, 5.41) is 3.25. The first-order valence-electron chi connectivity index (χ1n) is 9.27. The van der Waals surface area contributed by atoms with Crippen LogP contribution < -0.4 is 19.1 Å². The number of ether oxygens (including phenoxy) is 2. The van der Waals surface area contributed by atoms with Crippen LogP contribution in [0.3, 0.4) is 0 Å². The Balaban J connectivity index is 2.30. The fourth-order valence-corrected chi connectivity index (χ4v) is 4.53. The minimum Gasteiger partial charge on any atom is -0.493 e. The molecule has 0 radical (unpaired) electrons. The highest BCUT2D eigenvalue weighted by atomic mass is 35.5.